The summed E-state index contributed by atoms with van der Waals surface area (Å²) in [7, 11) is 0. The highest BCUT2D eigenvalue weighted by molar-refractivity contribution is 5.75. The Balaban J connectivity index is 3.69. The first-order valence-corrected chi connectivity index (χ1v) is 2.02. The molecule has 0 atom stereocenters. The largest absolute Gasteiger partial charge is 0.402 e. The number of halogens is 1. The number of rotatable bonds is 2. The van der Waals surface area contributed by atoms with Gasteiger partial charge in [-0.2, -0.15) is 0 Å². The molecule has 44 valence electrons. The molecule has 0 aliphatic heterocycles. The molecule has 0 heterocycles. The van der Waals surface area contributed by atoms with E-state index in [1.54, 1.807) is 0 Å². The van der Waals surface area contributed by atoms with Crippen molar-refractivity contribution in [3.63, 3.8) is 0 Å². The summed E-state index contributed by atoms with van der Waals surface area (Å²) in [6, 6.07) is 0. The normalized spacial score (nSPS) is 12.4. The summed E-state index contributed by atoms with van der Waals surface area (Å²) in [5.74, 6) is -0.565. The minimum Gasteiger partial charge on any atom is -0.402 e. The lowest BCUT2D eigenvalue weighted by Gasteiger charge is -1.77. The molecule has 0 bridgehead atoms. The number of nitrogens with two attached hydrogens (primary N) is 1. The second kappa shape index (κ2) is 4.05. The second-order valence-electron chi connectivity index (χ2n) is 1.01. The fraction of sp³-hybridized carbons (Fsp3) is 0. The molecular weight excluding hydrogens is 107 g/mol. The van der Waals surface area contributed by atoms with E-state index in [9.17, 15) is 4.39 Å². The zero-order valence-corrected chi connectivity index (χ0v) is 4.34. The monoisotopic (exact) mass is 114 g/mol. The van der Waals surface area contributed by atoms with Crippen molar-refractivity contribution < 1.29 is 4.39 Å². The van der Waals surface area contributed by atoms with Gasteiger partial charge < -0.3 is 5.73 Å². The number of aliphatic imine (C=N–C) groups is 1. The van der Waals surface area contributed by atoms with Crippen molar-refractivity contribution in [1.29, 1.82) is 0 Å². The van der Waals surface area contributed by atoms with Crippen LogP contribution < -0.4 is 5.73 Å². The van der Waals surface area contributed by atoms with Crippen molar-refractivity contribution in [2.24, 2.45) is 10.7 Å². The van der Waals surface area contributed by atoms with Crippen LogP contribution in [0.3, 0.4) is 0 Å². The van der Waals surface area contributed by atoms with Gasteiger partial charge in [0.1, 0.15) is 0 Å². The van der Waals surface area contributed by atoms with Gasteiger partial charge in [-0.1, -0.05) is 6.58 Å². The van der Waals surface area contributed by atoms with Crippen LogP contribution >= 0.6 is 0 Å². The van der Waals surface area contributed by atoms with Crippen LogP contribution in [-0.4, -0.2) is 6.21 Å². The van der Waals surface area contributed by atoms with Gasteiger partial charge in [0, 0.05) is 12.4 Å². The number of hydrogen-bond donors (Lipinski definition) is 1. The van der Waals surface area contributed by atoms with E-state index in [0.717, 1.165) is 12.4 Å². The first kappa shape index (κ1) is 6.88. The van der Waals surface area contributed by atoms with E-state index >= 15 is 0 Å². The van der Waals surface area contributed by atoms with Gasteiger partial charge in [0.15, 0.2) is 5.83 Å². The fourth-order valence-electron chi connectivity index (χ4n) is 0.167. The molecule has 0 spiro atoms. The molecule has 0 aromatic rings. The second-order valence-corrected chi connectivity index (χ2v) is 1.01. The maximum atomic E-state index is 11.9. The Bertz CT molecular complexity index is 126. The molecule has 0 aromatic carbocycles. The average Bonchev–Trinajstić information content (AvgIpc) is 1.83. The Hall–Kier alpha value is -1.12. The van der Waals surface area contributed by atoms with E-state index in [0.29, 0.717) is 0 Å². The van der Waals surface area contributed by atoms with Gasteiger partial charge >= 0.3 is 0 Å². The molecule has 0 aromatic heterocycles. The predicted octanol–water partition coefficient (Wildman–Crippen LogP) is 0.970. The summed E-state index contributed by atoms with van der Waals surface area (Å²) in [5, 5.41) is 0. The molecule has 0 unspecified atom stereocenters. The molecule has 0 radical (unpaired) electrons. The number of allylic oxidation sites excluding steroid dienone is 1. The Labute approximate surface area is 47.2 Å². The van der Waals surface area contributed by atoms with Crippen LogP contribution in [0.25, 0.3) is 0 Å². The maximum Gasteiger partial charge on any atom is 0.156 e. The predicted molar refractivity (Wildman–Crippen MR) is 32.1 cm³/mol. The van der Waals surface area contributed by atoms with Gasteiger partial charge in [-0.25, -0.2) is 4.39 Å². The SMILES string of the molecule is C=CN=C/C(F)=C\N. The first-order valence-electron chi connectivity index (χ1n) is 2.02. The quantitative estimate of drug-likeness (QED) is 0.534. The van der Waals surface area contributed by atoms with E-state index in [2.05, 4.69) is 11.6 Å². The Kier molecular flexibility index (Phi) is 3.48. The van der Waals surface area contributed by atoms with Crippen LogP contribution in [0.2, 0.25) is 0 Å². The summed E-state index contributed by atoms with van der Waals surface area (Å²) < 4.78 is 11.9. The van der Waals surface area contributed by atoms with Crippen molar-refractivity contribution >= 4 is 6.21 Å². The lowest BCUT2D eigenvalue weighted by molar-refractivity contribution is 0.683. The van der Waals surface area contributed by atoms with Crippen LogP contribution in [-0.2, 0) is 0 Å². The van der Waals surface area contributed by atoms with E-state index < -0.39 is 5.83 Å². The van der Waals surface area contributed by atoms with E-state index in [-0.39, 0.29) is 0 Å². The van der Waals surface area contributed by atoms with Gasteiger partial charge in [-0.15, -0.1) is 0 Å². The minimum atomic E-state index is -0.565. The van der Waals surface area contributed by atoms with E-state index in [1.165, 1.54) is 6.20 Å². The van der Waals surface area contributed by atoms with E-state index in [4.69, 9.17) is 5.73 Å². The Morgan fingerprint density at radius 3 is 2.75 bits per heavy atom. The standard InChI is InChI=1S/C5H7FN2/c1-2-8-4-5(6)3-7/h2-4H,1,7H2/b5-3+,8-4?. The van der Waals surface area contributed by atoms with Crippen molar-refractivity contribution in [3.8, 4) is 0 Å². The molecule has 0 amide bonds. The van der Waals surface area contributed by atoms with Gasteiger partial charge in [0.2, 0.25) is 0 Å². The topological polar surface area (TPSA) is 38.4 Å². The van der Waals surface area contributed by atoms with Gasteiger partial charge in [0.25, 0.3) is 0 Å². The molecule has 3 heteroatoms. The van der Waals surface area contributed by atoms with Gasteiger partial charge in [-0.05, 0) is 0 Å². The lowest BCUT2D eigenvalue weighted by atomic mass is 10.6. The highest BCUT2D eigenvalue weighted by Gasteiger charge is 1.79. The van der Waals surface area contributed by atoms with Crippen molar-refractivity contribution in [2.45, 2.75) is 0 Å². The molecular formula is C5H7FN2. The maximum absolute atomic E-state index is 11.9. The third-order valence-corrected chi connectivity index (χ3v) is 0.462. The van der Waals surface area contributed by atoms with E-state index in [1.807, 2.05) is 0 Å². The third-order valence-electron chi connectivity index (χ3n) is 0.462. The van der Waals surface area contributed by atoms with Crippen molar-refractivity contribution in [1.82, 2.24) is 0 Å². The highest BCUT2D eigenvalue weighted by atomic mass is 19.1. The molecule has 2 N–H and O–H groups in total. The molecule has 2 nitrogen and oxygen atoms in total. The zero-order chi connectivity index (χ0) is 6.41. The summed E-state index contributed by atoms with van der Waals surface area (Å²) in [5.41, 5.74) is 4.75. The van der Waals surface area contributed by atoms with Gasteiger partial charge in [-0.3, -0.25) is 4.99 Å². The zero-order valence-electron chi connectivity index (χ0n) is 4.34. The van der Waals surface area contributed by atoms with Crippen LogP contribution in [0.15, 0.2) is 29.8 Å². The third kappa shape index (κ3) is 3.08. The van der Waals surface area contributed by atoms with Gasteiger partial charge in [0.05, 0.1) is 6.21 Å². The summed E-state index contributed by atoms with van der Waals surface area (Å²) in [4.78, 5) is 3.36. The van der Waals surface area contributed by atoms with Crippen LogP contribution in [0, 0.1) is 0 Å². The molecule has 0 fully saturated rings. The van der Waals surface area contributed by atoms with Crippen LogP contribution in [0.5, 0.6) is 0 Å². The van der Waals surface area contributed by atoms with Crippen LogP contribution in [0.1, 0.15) is 0 Å². The highest BCUT2D eigenvalue weighted by Crippen LogP contribution is 1.85. The molecule has 0 aliphatic carbocycles. The van der Waals surface area contributed by atoms with Crippen molar-refractivity contribution in [2.75, 3.05) is 0 Å². The van der Waals surface area contributed by atoms with Crippen LogP contribution in [0.4, 0.5) is 4.39 Å². The molecule has 8 heavy (non-hydrogen) atoms. The Morgan fingerprint density at radius 2 is 2.38 bits per heavy atom. The average molecular weight is 114 g/mol. The molecule has 0 saturated heterocycles. The Morgan fingerprint density at radius 1 is 1.75 bits per heavy atom. The molecule has 0 aliphatic rings. The lowest BCUT2D eigenvalue weighted by Crippen LogP contribution is -1.82. The molecule has 0 saturated carbocycles. The molecule has 0 rings (SSSR count). The number of nitrogens with zero attached hydrogens (tertiary/aromatic N) is 1. The first-order chi connectivity index (χ1) is 3.81. The summed E-state index contributed by atoms with van der Waals surface area (Å²) >= 11 is 0. The smallest absolute Gasteiger partial charge is 0.156 e. The fourth-order valence-corrected chi connectivity index (χ4v) is 0.167. The summed E-state index contributed by atoms with van der Waals surface area (Å²) in [6.45, 7) is 3.23. The minimum absolute atomic E-state index is 0.565. The summed E-state index contributed by atoms with van der Waals surface area (Å²) in [6.07, 6.45) is 3.03. The van der Waals surface area contributed by atoms with Crippen molar-refractivity contribution in [3.05, 3.63) is 24.8 Å². The number of hydrogen-bond acceptors (Lipinski definition) is 2.